The number of fused-ring (bicyclic) bond motifs is 5. The van der Waals surface area contributed by atoms with Gasteiger partial charge in [-0.1, -0.05) is 6.92 Å². The van der Waals surface area contributed by atoms with Crippen molar-refractivity contribution in [2.45, 2.75) is 38.8 Å². The first-order valence-corrected chi connectivity index (χ1v) is 11.9. The van der Waals surface area contributed by atoms with E-state index >= 15 is 0 Å². The molecule has 5 atom stereocenters. The van der Waals surface area contributed by atoms with Crippen molar-refractivity contribution in [1.82, 2.24) is 24.6 Å². The number of anilines is 1. The second-order valence-corrected chi connectivity index (χ2v) is 9.84. The molecule has 7 rings (SSSR count). The van der Waals surface area contributed by atoms with E-state index in [1.807, 2.05) is 12.1 Å². The molecule has 4 aromatic rings. The number of rotatable bonds is 6. The Bertz CT molecular complexity index is 1430. The fraction of sp³-hybridized carbons (Fsp3) is 0.440. The third kappa shape index (κ3) is 3.54. The number of methoxy groups -OCH3 is 1. The van der Waals surface area contributed by atoms with Crippen molar-refractivity contribution >= 4 is 28.3 Å². The number of halogens is 1. The average Bonchev–Trinajstić information content (AvgIpc) is 3.43. The first-order valence-electron chi connectivity index (χ1n) is 11.9. The Balaban J connectivity index is 1.50. The Morgan fingerprint density at radius 1 is 1.37 bits per heavy atom. The lowest BCUT2D eigenvalue weighted by Gasteiger charge is -2.50. The second kappa shape index (κ2) is 8.30. The maximum atomic E-state index is 14.0. The molecule has 10 heteroatoms. The fourth-order valence-electron chi connectivity index (χ4n) is 6.28. The highest BCUT2D eigenvalue weighted by molar-refractivity contribution is 5.92. The molecular formula is C25H27FN6O3. The summed E-state index contributed by atoms with van der Waals surface area (Å²) in [6, 6.07) is 5.01. The third-order valence-electron chi connectivity index (χ3n) is 7.84. The van der Waals surface area contributed by atoms with Gasteiger partial charge in [0.15, 0.2) is 11.6 Å². The number of nitrogens with one attached hydrogen (secondary N) is 2. The minimum absolute atomic E-state index is 0.154. The predicted octanol–water partition coefficient (Wildman–Crippen LogP) is 4.11. The van der Waals surface area contributed by atoms with Gasteiger partial charge in [-0.3, -0.25) is 4.79 Å². The number of carbonyl (C=O) groups is 1. The molecule has 0 aromatic carbocycles. The molecule has 9 nitrogen and oxygen atoms in total. The van der Waals surface area contributed by atoms with Crippen molar-refractivity contribution in [3.63, 3.8) is 0 Å². The van der Waals surface area contributed by atoms with Crippen LogP contribution in [0.25, 0.3) is 27.9 Å². The van der Waals surface area contributed by atoms with E-state index in [4.69, 9.17) is 14.8 Å². The largest absolute Gasteiger partial charge is 0.481 e. The van der Waals surface area contributed by atoms with E-state index in [2.05, 4.69) is 22.2 Å². The number of aliphatic carboxylic acids is 1. The number of carboxylic acid groups (broad SMARTS) is 1. The van der Waals surface area contributed by atoms with Gasteiger partial charge < -0.3 is 20.1 Å². The van der Waals surface area contributed by atoms with Crippen LogP contribution < -0.4 is 5.32 Å². The molecule has 0 radical (unpaired) electrons. The fourth-order valence-corrected chi connectivity index (χ4v) is 6.28. The molecular weight excluding hydrogens is 451 g/mol. The Hall–Kier alpha value is -3.53. The maximum absolute atomic E-state index is 14.0. The summed E-state index contributed by atoms with van der Waals surface area (Å²) in [4.78, 5) is 24.3. The van der Waals surface area contributed by atoms with Gasteiger partial charge in [0.05, 0.1) is 24.4 Å². The summed E-state index contributed by atoms with van der Waals surface area (Å²) in [5, 5.41) is 19.0. The van der Waals surface area contributed by atoms with Gasteiger partial charge in [0.2, 0.25) is 0 Å². The van der Waals surface area contributed by atoms with Gasteiger partial charge in [-0.2, -0.15) is 0 Å². The first-order chi connectivity index (χ1) is 16.9. The number of aromatic nitrogens is 5. The lowest BCUT2D eigenvalue weighted by molar-refractivity contribution is -0.149. The smallest absolute Gasteiger partial charge is 0.308 e. The molecule has 4 heterocycles. The zero-order valence-corrected chi connectivity index (χ0v) is 19.5. The van der Waals surface area contributed by atoms with Crippen LogP contribution in [-0.2, 0) is 16.1 Å². The van der Waals surface area contributed by atoms with Gasteiger partial charge in [0.1, 0.15) is 17.0 Å². The molecule has 0 saturated heterocycles. The average molecular weight is 479 g/mol. The van der Waals surface area contributed by atoms with Crippen molar-refractivity contribution in [1.29, 1.82) is 0 Å². The molecule has 0 spiro atoms. The van der Waals surface area contributed by atoms with E-state index in [9.17, 15) is 14.3 Å². The van der Waals surface area contributed by atoms with Crippen LogP contribution in [-0.4, -0.2) is 48.8 Å². The van der Waals surface area contributed by atoms with Crippen LogP contribution in [0.15, 0.2) is 30.6 Å². The van der Waals surface area contributed by atoms with E-state index in [1.54, 1.807) is 17.8 Å². The van der Waals surface area contributed by atoms with Gasteiger partial charge in [0, 0.05) is 30.3 Å². The summed E-state index contributed by atoms with van der Waals surface area (Å²) >= 11 is 0. The molecule has 0 aliphatic heterocycles. The standard InChI is InChI=1S/C25H27FN6O3/c1-12-7-13-3-5-16(12)21(20(13)25(33)34)29-24-19-6-4-15(11-35-2)32(19)31-23(30-24)18-10-28-22-17(18)8-14(26)9-27-22/h4,6,8-10,12-13,16,20-21H,3,5,7,11H2,1-2H3,(H,27,28)(H,33,34)(H,29,30,31)/t12?,13-,16+,20-,21-/m0/s1. The quantitative estimate of drug-likeness (QED) is 0.382. The van der Waals surface area contributed by atoms with Crippen LogP contribution in [0, 0.1) is 29.5 Å². The molecule has 3 fully saturated rings. The number of aromatic amines is 1. The predicted molar refractivity (Wildman–Crippen MR) is 127 cm³/mol. The highest BCUT2D eigenvalue weighted by atomic mass is 19.1. The Morgan fingerprint density at radius 2 is 2.23 bits per heavy atom. The summed E-state index contributed by atoms with van der Waals surface area (Å²) in [6.45, 7) is 2.56. The van der Waals surface area contributed by atoms with Crippen LogP contribution in [0.2, 0.25) is 0 Å². The number of ether oxygens (including phenoxy) is 1. The summed E-state index contributed by atoms with van der Waals surface area (Å²) < 4.78 is 21.1. The number of pyridine rings is 1. The Morgan fingerprint density at radius 3 is 3.00 bits per heavy atom. The number of carboxylic acids is 1. The highest BCUT2D eigenvalue weighted by Gasteiger charge is 2.50. The van der Waals surface area contributed by atoms with Crippen LogP contribution in [0.1, 0.15) is 31.9 Å². The SMILES string of the molecule is COCc1ccc2c(N[C@@H]3[C@@H](C(=O)O)[C@H]4CC[C@@H]3C(C)C4)nc(-c3c[nH]c4ncc(F)cc34)nn12. The molecule has 3 aliphatic rings. The van der Waals surface area contributed by atoms with E-state index in [0.717, 1.165) is 36.7 Å². The van der Waals surface area contributed by atoms with E-state index in [-0.39, 0.29) is 17.9 Å². The molecule has 2 bridgehead atoms. The van der Waals surface area contributed by atoms with Crippen molar-refractivity contribution in [2.75, 3.05) is 12.4 Å². The number of nitrogens with zero attached hydrogens (tertiary/aromatic N) is 4. The van der Waals surface area contributed by atoms with Gasteiger partial charge in [-0.05, 0) is 55.2 Å². The minimum Gasteiger partial charge on any atom is -0.481 e. The van der Waals surface area contributed by atoms with Crippen LogP contribution in [0.3, 0.4) is 0 Å². The molecule has 3 N–H and O–H groups in total. The molecule has 3 saturated carbocycles. The van der Waals surface area contributed by atoms with E-state index in [0.29, 0.717) is 40.8 Å². The highest BCUT2D eigenvalue weighted by Crippen LogP contribution is 2.49. The Kier molecular flexibility index (Phi) is 5.21. The van der Waals surface area contributed by atoms with Gasteiger partial charge in [-0.25, -0.2) is 18.9 Å². The topological polar surface area (TPSA) is 117 Å². The summed E-state index contributed by atoms with van der Waals surface area (Å²) in [5.74, 6) is 0.111. The summed E-state index contributed by atoms with van der Waals surface area (Å²) in [6.07, 6.45) is 5.78. The third-order valence-corrected chi connectivity index (χ3v) is 7.84. The number of hydrogen-bond acceptors (Lipinski definition) is 6. The molecule has 35 heavy (non-hydrogen) atoms. The molecule has 3 aliphatic carbocycles. The van der Waals surface area contributed by atoms with Crippen molar-refractivity contribution in [3.8, 4) is 11.4 Å². The molecule has 4 aromatic heterocycles. The maximum Gasteiger partial charge on any atom is 0.308 e. The van der Waals surface area contributed by atoms with E-state index < -0.39 is 17.7 Å². The molecule has 182 valence electrons. The Labute approximate surface area is 200 Å². The van der Waals surface area contributed by atoms with Crippen molar-refractivity contribution in [3.05, 3.63) is 42.1 Å². The van der Waals surface area contributed by atoms with E-state index in [1.165, 1.54) is 6.07 Å². The zero-order valence-electron chi connectivity index (χ0n) is 19.5. The summed E-state index contributed by atoms with van der Waals surface area (Å²) in [7, 11) is 1.62. The second-order valence-electron chi connectivity index (χ2n) is 9.84. The minimum atomic E-state index is -0.761. The lowest BCUT2D eigenvalue weighted by Crippen LogP contribution is -2.54. The zero-order chi connectivity index (χ0) is 24.3. The van der Waals surface area contributed by atoms with Gasteiger partial charge in [-0.15, -0.1) is 5.10 Å². The van der Waals surface area contributed by atoms with Crippen molar-refractivity contribution in [2.24, 2.45) is 23.7 Å². The molecule has 0 amide bonds. The lowest BCUT2D eigenvalue weighted by atomic mass is 9.57. The van der Waals surface area contributed by atoms with Crippen LogP contribution >= 0.6 is 0 Å². The summed E-state index contributed by atoms with van der Waals surface area (Å²) in [5.41, 5.74) is 2.71. The first kappa shape index (κ1) is 22.0. The van der Waals surface area contributed by atoms with Crippen LogP contribution in [0.4, 0.5) is 10.2 Å². The van der Waals surface area contributed by atoms with Gasteiger partial charge >= 0.3 is 5.97 Å². The van der Waals surface area contributed by atoms with Gasteiger partial charge in [0.25, 0.3) is 0 Å². The van der Waals surface area contributed by atoms with Crippen molar-refractivity contribution < 1.29 is 19.0 Å². The van der Waals surface area contributed by atoms with Crippen LogP contribution in [0.5, 0.6) is 0 Å². The molecule has 1 unspecified atom stereocenters. The number of H-pyrrole nitrogens is 1. The number of hydrogen-bond donors (Lipinski definition) is 3. The monoisotopic (exact) mass is 478 g/mol. The normalized spacial score (nSPS) is 26.0.